The highest BCUT2D eigenvalue weighted by Crippen LogP contribution is 2.77. The molecule has 4 aliphatic heterocycles. The van der Waals surface area contributed by atoms with Crippen LogP contribution in [0.5, 0.6) is 11.5 Å². The van der Waals surface area contributed by atoms with Gasteiger partial charge in [-0.3, -0.25) is 0 Å². The van der Waals surface area contributed by atoms with E-state index in [0.717, 1.165) is 30.5 Å². The maximum atomic E-state index is 14.2. The van der Waals surface area contributed by atoms with Gasteiger partial charge in [0.05, 0.1) is 36.8 Å². The molecule has 6 atom stereocenters. The van der Waals surface area contributed by atoms with Crippen molar-refractivity contribution in [2.45, 2.75) is 61.1 Å². The highest BCUT2D eigenvalue weighted by Gasteiger charge is 2.87. The van der Waals surface area contributed by atoms with Crippen LogP contribution >= 0.6 is 0 Å². The summed E-state index contributed by atoms with van der Waals surface area (Å²) in [6.45, 7) is 1.27. The number of hydrogen-bond acceptors (Lipinski definition) is 7. The van der Waals surface area contributed by atoms with Crippen LogP contribution in [0.4, 0.5) is 5.69 Å². The second-order valence-electron chi connectivity index (χ2n) is 10.3. The van der Waals surface area contributed by atoms with E-state index in [1.54, 1.807) is 0 Å². The van der Waals surface area contributed by atoms with Crippen molar-refractivity contribution in [3.8, 4) is 11.5 Å². The molecule has 0 radical (unpaired) electrons. The molecule has 3 saturated carbocycles. The third kappa shape index (κ3) is 1.50. The van der Waals surface area contributed by atoms with Gasteiger partial charge in [0.2, 0.25) is 6.79 Å². The molecule has 7 aliphatic rings. The molecule has 1 aromatic carbocycles. The average molecular weight is 414 g/mol. The normalized spacial score (nSPS) is 48.6. The molecule has 1 unspecified atom stereocenters. The van der Waals surface area contributed by atoms with Crippen LogP contribution < -0.4 is 14.8 Å². The number of hydrogen-bond donors (Lipinski definition) is 2. The molecule has 160 valence electrons. The minimum absolute atomic E-state index is 0.143. The highest BCUT2D eigenvalue weighted by molar-refractivity contribution is 5.88. The van der Waals surface area contributed by atoms with Gasteiger partial charge in [-0.2, -0.15) is 0 Å². The number of rotatable bonds is 1. The lowest BCUT2D eigenvalue weighted by molar-refractivity contribution is -0.912. The molecule has 1 aromatic rings. The van der Waals surface area contributed by atoms with Gasteiger partial charge in [-0.05, 0) is 37.3 Å². The lowest BCUT2D eigenvalue weighted by Gasteiger charge is -2.72. The zero-order chi connectivity index (χ0) is 20.6. The van der Waals surface area contributed by atoms with E-state index >= 15 is 0 Å². The molecule has 8 heteroatoms. The molecule has 8 rings (SSSR count). The molecular formula is C22H26N2O6. The van der Waals surface area contributed by atoms with Gasteiger partial charge in [-0.15, -0.1) is 0 Å². The maximum absolute atomic E-state index is 14.2. The quantitative estimate of drug-likeness (QED) is 0.411. The number of aliphatic hydroxyl groups is 1. The lowest BCUT2D eigenvalue weighted by atomic mass is 9.37. The van der Waals surface area contributed by atoms with Crippen LogP contribution in [0.3, 0.4) is 0 Å². The fourth-order valence-electron chi connectivity index (χ4n) is 8.90. The summed E-state index contributed by atoms with van der Waals surface area (Å²) in [5, 5.41) is 29.9. The van der Waals surface area contributed by atoms with Crippen LogP contribution in [0, 0.1) is 10.6 Å². The van der Waals surface area contributed by atoms with Crippen molar-refractivity contribution in [3.05, 3.63) is 22.9 Å². The molecule has 30 heavy (non-hydrogen) atoms. The fourth-order valence-corrected chi connectivity index (χ4v) is 8.90. The summed E-state index contributed by atoms with van der Waals surface area (Å²) in [4.78, 5) is 13.2. The Morgan fingerprint density at radius 3 is 2.97 bits per heavy atom. The number of nitrogens with zero attached hydrogens (tertiary/aromatic N) is 1. The largest absolute Gasteiger partial charge is 0.633 e. The van der Waals surface area contributed by atoms with Crippen molar-refractivity contribution in [1.29, 1.82) is 0 Å². The fraction of sp³-hybridized carbons (Fsp3) is 0.682. The lowest BCUT2D eigenvalue weighted by Crippen LogP contribution is -2.85. The molecule has 8 nitrogen and oxygen atoms in total. The number of benzene rings is 1. The molecule has 5 fully saturated rings. The standard InChI is InChI=1S/C22H26N2O6/c1-28-18(25)21(26)11-19-5-2-9-24(27)10-8-20(17(19)24)13-3-4-14-16(30-12-29-14)15(13)23-22(20,21)7-6-19/h3-4,17,23,26H,2,5-12H2,1H3/t17-,19-,20+,21+,22+,24?/m0/s1. The molecule has 2 N–H and O–H groups in total. The predicted molar refractivity (Wildman–Crippen MR) is 105 cm³/mol. The molecule has 3 aliphatic carbocycles. The van der Waals surface area contributed by atoms with E-state index in [-0.39, 0.29) is 29.3 Å². The molecule has 2 saturated heterocycles. The maximum Gasteiger partial charge on any atom is 0.340 e. The summed E-state index contributed by atoms with van der Waals surface area (Å²) in [5.41, 5.74) is -1.89. The van der Waals surface area contributed by atoms with Crippen LogP contribution in [-0.4, -0.2) is 59.9 Å². The Hall–Kier alpha value is -2.03. The number of anilines is 1. The van der Waals surface area contributed by atoms with Crippen LogP contribution in [-0.2, 0) is 14.9 Å². The number of ether oxygens (including phenoxy) is 3. The Bertz CT molecular complexity index is 1020. The summed E-state index contributed by atoms with van der Waals surface area (Å²) in [6.07, 6.45) is 4.09. The minimum Gasteiger partial charge on any atom is -0.633 e. The second-order valence-corrected chi connectivity index (χ2v) is 10.3. The first kappa shape index (κ1) is 17.6. The number of esters is 1. The van der Waals surface area contributed by atoms with Gasteiger partial charge >= 0.3 is 5.97 Å². The first-order chi connectivity index (χ1) is 14.4. The van der Waals surface area contributed by atoms with Gasteiger partial charge in [0.15, 0.2) is 17.1 Å². The Balaban J connectivity index is 1.57. The van der Waals surface area contributed by atoms with Crippen molar-refractivity contribution in [3.63, 3.8) is 0 Å². The Morgan fingerprint density at radius 2 is 2.13 bits per heavy atom. The summed E-state index contributed by atoms with van der Waals surface area (Å²) < 4.78 is 16.4. The van der Waals surface area contributed by atoms with Gasteiger partial charge in [-0.1, -0.05) is 6.07 Å². The van der Waals surface area contributed by atoms with Crippen LogP contribution in [0.15, 0.2) is 12.1 Å². The smallest absolute Gasteiger partial charge is 0.340 e. The second kappa shape index (κ2) is 4.89. The van der Waals surface area contributed by atoms with E-state index in [2.05, 4.69) is 5.32 Å². The zero-order valence-corrected chi connectivity index (χ0v) is 17.0. The summed E-state index contributed by atoms with van der Waals surface area (Å²) in [7, 11) is 1.33. The third-order valence-electron chi connectivity index (χ3n) is 9.57. The van der Waals surface area contributed by atoms with Crippen molar-refractivity contribution in [2.24, 2.45) is 5.41 Å². The molecule has 2 bridgehead atoms. The van der Waals surface area contributed by atoms with Gasteiger partial charge < -0.3 is 34.5 Å². The monoisotopic (exact) mass is 414 g/mol. The molecule has 0 amide bonds. The van der Waals surface area contributed by atoms with Crippen molar-refractivity contribution < 1.29 is 28.8 Å². The summed E-state index contributed by atoms with van der Waals surface area (Å²) >= 11 is 0. The first-order valence-electron chi connectivity index (χ1n) is 11.0. The van der Waals surface area contributed by atoms with Crippen LogP contribution in [0.25, 0.3) is 0 Å². The zero-order valence-electron chi connectivity index (χ0n) is 17.0. The van der Waals surface area contributed by atoms with Crippen LogP contribution in [0.1, 0.15) is 44.1 Å². The highest BCUT2D eigenvalue weighted by atomic mass is 16.7. The van der Waals surface area contributed by atoms with Crippen molar-refractivity contribution in [1.82, 2.24) is 0 Å². The first-order valence-corrected chi connectivity index (χ1v) is 11.0. The van der Waals surface area contributed by atoms with E-state index < -0.39 is 22.5 Å². The van der Waals surface area contributed by atoms with Gasteiger partial charge in [0.1, 0.15) is 6.04 Å². The number of methoxy groups -OCH3 is 1. The minimum atomic E-state index is -1.70. The molecular weight excluding hydrogens is 388 g/mol. The number of quaternary nitrogens is 1. The van der Waals surface area contributed by atoms with Gasteiger partial charge in [0, 0.05) is 18.3 Å². The number of carbonyl (C=O) groups is 1. The topological polar surface area (TPSA) is 100 Å². The number of fused-ring (bicyclic) bond motifs is 5. The molecule has 0 aromatic heterocycles. The SMILES string of the molecule is COC(=O)[C@]1(O)C[C@]23CCC[N+]4([O-])CC[C@@]5(c6ccc7c(c6N[C@@]15CC2)OCO7)[C@H]34. The van der Waals surface area contributed by atoms with E-state index in [0.29, 0.717) is 37.4 Å². The Kier molecular flexibility index (Phi) is 2.88. The van der Waals surface area contributed by atoms with Gasteiger partial charge in [-0.25, -0.2) is 4.79 Å². The van der Waals surface area contributed by atoms with E-state index in [4.69, 9.17) is 14.2 Å². The number of piperidine rings is 1. The van der Waals surface area contributed by atoms with E-state index in [9.17, 15) is 15.1 Å². The molecule has 3 spiro atoms. The third-order valence-corrected chi connectivity index (χ3v) is 9.57. The average Bonchev–Trinajstić information content (AvgIpc) is 3.41. The van der Waals surface area contributed by atoms with Gasteiger partial charge in [0.25, 0.3) is 0 Å². The Labute approximate surface area is 174 Å². The van der Waals surface area contributed by atoms with Crippen molar-refractivity contribution in [2.75, 3.05) is 32.3 Å². The Morgan fingerprint density at radius 1 is 1.27 bits per heavy atom. The van der Waals surface area contributed by atoms with E-state index in [1.165, 1.54) is 7.11 Å². The number of carbonyl (C=O) groups excluding carboxylic acids is 1. The van der Waals surface area contributed by atoms with Crippen LogP contribution in [0.2, 0.25) is 0 Å². The number of hydroxylamine groups is 3. The molecule has 4 heterocycles. The van der Waals surface area contributed by atoms with Crippen molar-refractivity contribution >= 4 is 11.7 Å². The number of nitrogens with one attached hydrogen (secondary N) is 1. The predicted octanol–water partition coefficient (Wildman–Crippen LogP) is 1.79. The summed E-state index contributed by atoms with van der Waals surface area (Å²) in [5.74, 6) is 0.681. The van der Waals surface area contributed by atoms with E-state index in [1.807, 2.05) is 12.1 Å². The summed E-state index contributed by atoms with van der Waals surface area (Å²) in [6, 6.07) is 3.76.